The van der Waals surface area contributed by atoms with Crippen LogP contribution < -0.4 is 10.1 Å². The van der Waals surface area contributed by atoms with Crippen molar-refractivity contribution in [2.24, 2.45) is 4.99 Å². The number of hydrogen-bond acceptors (Lipinski definition) is 5. The Morgan fingerprint density at radius 3 is 2.45 bits per heavy atom. The maximum atomic E-state index is 14.4. The van der Waals surface area contributed by atoms with Crippen LogP contribution in [0.1, 0.15) is 34.8 Å². The van der Waals surface area contributed by atoms with Crippen molar-refractivity contribution in [3.63, 3.8) is 0 Å². The molecule has 1 amide bonds. The third-order valence-electron chi connectivity index (χ3n) is 6.99. The lowest BCUT2D eigenvalue weighted by Crippen LogP contribution is -2.49. The molecule has 0 radical (unpaired) electrons. The molecule has 0 unspecified atom stereocenters. The molecule has 0 saturated carbocycles. The third kappa shape index (κ3) is 6.81. The minimum Gasteiger partial charge on any atom is -0.494 e. The Labute approximate surface area is 263 Å². The molecule has 2 atom stereocenters. The van der Waals surface area contributed by atoms with Crippen LogP contribution in [0.25, 0.3) is 0 Å². The van der Waals surface area contributed by atoms with E-state index in [2.05, 4.69) is 21.2 Å². The molecule has 9 heteroatoms. The van der Waals surface area contributed by atoms with E-state index in [1.54, 1.807) is 18.2 Å². The van der Waals surface area contributed by atoms with Crippen molar-refractivity contribution in [3.05, 3.63) is 134 Å². The standard InChI is InChI=1S/C33H29BrCl2N2O4/c34-28-10-5-4-9-24(28)20-33(32(40)37-21-22-7-2-1-3-8-22)30(27-16-13-25(35)19-29(27)36)42-31(38-33)23-11-14-26(15-12-23)41-18-6-17-39/h1-5,7-16,19,30,39H,6,17-18,20-21H2,(H,37,40)/t30-,33-/m1/s1. The van der Waals surface area contributed by atoms with E-state index in [1.165, 1.54) is 0 Å². The second-order valence-corrected chi connectivity index (χ2v) is 11.6. The summed E-state index contributed by atoms with van der Waals surface area (Å²) in [4.78, 5) is 19.4. The molecule has 42 heavy (non-hydrogen) atoms. The molecule has 1 aliphatic rings. The molecule has 2 N–H and O–H groups in total. The van der Waals surface area contributed by atoms with Gasteiger partial charge in [0.1, 0.15) is 5.75 Å². The molecule has 0 fully saturated rings. The van der Waals surface area contributed by atoms with Crippen LogP contribution in [0.4, 0.5) is 0 Å². The number of aliphatic hydroxyl groups excluding tert-OH is 1. The summed E-state index contributed by atoms with van der Waals surface area (Å²) in [6.45, 7) is 0.785. The Bertz CT molecular complexity index is 1570. The summed E-state index contributed by atoms with van der Waals surface area (Å²) in [5.41, 5.74) is 1.74. The second kappa shape index (κ2) is 13.7. The fourth-order valence-electron chi connectivity index (χ4n) is 4.84. The van der Waals surface area contributed by atoms with Crippen molar-refractivity contribution in [1.82, 2.24) is 5.32 Å². The first-order valence-electron chi connectivity index (χ1n) is 13.5. The molecular formula is C33H29BrCl2N2O4. The van der Waals surface area contributed by atoms with Crippen LogP contribution in [0, 0.1) is 0 Å². The molecule has 4 aromatic rings. The summed E-state index contributed by atoms with van der Waals surface area (Å²) in [7, 11) is 0. The van der Waals surface area contributed by atoms with Crippen LogP contribution in [0.15, 0.2) is 107 Å². The molecule has 6 nitrogen and oxygen atoms in total. The number of ether oxygens (including phenoxy) is 2. The Morgan fingerprint density at radius 2 is 1.74 bits per heavy atom. The Balaban J connectivity index is 1.59. The minimum atomic E-state index is -1.40. The molecule has 4 aromatic carbocycles. The van der Waals surface area contributed by atoms with Gasteiger partial charge in [-0.25, -0.2) is 4.99 Å². The second-order valence-electron chi connectivity index (χ2n) is 9.89. The molecule has 0 bridgehead atoms. The highest BCUT2D eigenvalue weighted by molar-refractivity contribution is 9.10. The molecular weight excluding hydrogens is 639 g/mol. The van der Waals surface area contributed by atoms with Crippen molar-refractivity contribution in [3.8, 4) is 5.75 Å². The molecule has 0 saturated heterocycles. The average molecular weight is 668 g/mol. The lowest BCUT2D eigenvalue weighted by atomic mass is 9.82. The highest BCUT2D eigenvalue weighted by atomic mass is 79.9. The fourth-order valence-corrected chi connectivity index (χ4v) is 5.77. The van der Waals surface area contributed by atoms with Gasteiger partial charge >= 0.3 is 0 Å². The number of carbonyl (C=O) groups excluding carboxylic acids is 1. The zero-order valence-electron chi connectivity index (χ0n) is 22.6. The van der Waals surface area contributed by atoms with Gasteiger partial charge in [0.25, 0.3) is 5.91 Å². The van der Waals surface area contributed by atoms with E-state index in [1.807, 2.05) is 78.9 Å². The number of nitrogens with zero attached hydrogens (tertiary/aromatic N) is 1. The van der Waals surface area contributed by atoms with Gasteiger partial charge in [-0.05, 0) is 53.6 Å². The average Bonchev–Trinajstić information content (AvgIpc) is 3.38. The summed E-state index contributed by atoms with van der Waals surface area (Å²) in [5, 5.41) is 13.0. The normalized spacial score (nSPS) is 17.8. The summed E-state index contributed by atoms with van der Waals surface area (Å²) < 4.78 is 13.1. The maximum Gasteiger partial charge on any atom is 0.252 e. The van der Waals surface area contributed by atoms with Gasteiger partial charge in [0.2, 0.25) is 5.90 Å². The van der Waals surface area contributed by atoms with Gasteiger partial charge in [-0.2, -0.15) is 0 Å². The van der Waals surface area contributed by atoms with Crippen LogP contribution >= 0.6 is 39.1 Å². The molecule has 216 valence electrons. The van der Waals surface area contributed by atoms with E-state index >= 15 is 0 Å². The number of carbonyl (C=O) groups is 1. The van der Waals surface area contributed by atoms with Gasteiger partial charge in [0.05, 0.1) is 6.61 Å². The number of aliphatic hydroxyl groups is 1. The maximum absolute atomic E-state index is 14.4. The van der Waals surface area contributed by atoms with Crippen molar-refractivity contribution < 1.29 is 19.4 Å². The van der Waals surface area contributed by atoms with Crippen molar-refractivity contribution in [2.75, 3.05) is 13.2 Å². The molecule has 1 aliphatic heterocycles. The monoisotopic (exact) mass is 666 g/mol. The van der Waals surface area contributed by atoms with Crippen molar-refractivity contribution in [1.29, 1.82) is 0 Å². The summed E-state index contributed by atoms with van der Waals surface area (Å²) in [6.07, 6.45) is -0.0676. The zero-order valence-corrected chi connectivity index (χ0v) is 25.7. The Hall–Kier alpha value is -3.36. The lowest BCUT2D eigenvalue weighted by Gasteiger charge is -2.31. The van der Waals surface area contributed by atoms with Gasteiger partial charge in [-0.1, -0.05) is 93.7 Å². The van der Waals surface area contributed by atoms with Gasteiger partial charge < -0.3 is 19.9 Å². The smallest absolute Gasteiger partial charge is 0.252 e. The van der Waals surface area contributed by atoms with E-state index in [4.69, 9.17) is 42.8 Å². The Morgan fingerprint density at radius 1 is 1.00 bits per heavy atom. The largest absolute Gasteiger partial charge is 0.494 e. The van der Waals surface area contributed by atoms with E-state index in [0.717, 1.165) is 15.6 Å². The fraction of sp³-hybridized carbons (Fsp3) is 0.212. The number of aliphatic imine (C=N–C) groups is 1. The predicted molar refractivity (Wildman–Crippen MR) is 169 cm³/mol. The van der Waals surface area contributed by atoms with Crippen LogP contribution in [-0.4, -0.2) is 35.7 Å². The van der Waals surface area contributed by atoms with Crippen LogP contribution in [0.2, 0.25) is 10.0 Å². The predicted octanol–water partition coefficient (Wildman–Crippen LogP) is 7.33. The van der Waals surface area contributed by atoms with Crippen molar-refractivity contribution >= 4 is 50.9 Å². The topological polar surface area (TPSA) is 80.2 Å². The van der Waals surface area contributed by atoms with Crippen LogP contribution in [0.5, 0.6) is 5.75 Å². The zero-order chi connectivity index (χ0) is 29.5. The van der Waals surface area contributed by atoms with E-state index in [-0.39, 0.29) is 18.9 Å². The lowest BCUT2D eigenvalue weighted by molar-refractivity contribution is -0.129. The molecule has 5 rings (SSSR count). The molecule has 0 aliphatic carbocycles. The number of amides is 1. The number of nitrogens with one attached hydrogen (secondary N) is 1. The first-order valence-corrected chi connectivity index (χ1v) is 15.1. The first-order chi connectivity index (χ1) is 20.4. The van der Waals surface area contributed by atoms with Gasteiger partial charge in [0.15, 0.2) is 11.6 Å². The third-order valence-corrected chi connectivity index (χ3v) is 8.32. The molecule has 1 heterocycles. The van der Waals surface area contributed by atoms with Gasteiger partial charge in [-0.15, -0.1) is 0 Å². The van der Waals surface area contributed by atoms with Crippen LogP contribution in [0.3, 0.4) is 0 Å². The summed E-state index contributed by atoms with van der Waals surface area (Å²) in [6, 6.07) is 29.9. The highest BCUT2D eigenvalue weighted by Crippen LogP contribution is 2.45. The number of hydrogen-bond donors (Lipinski definition) is 2. The SMILES string of the molecule is O=C(NCc1ccccc1)[C@]1(Cc2ccccc2Br)N=C(c2ccc(OCCCO)cc2)O[C@@H]1c1ccc(Cl)cc1Cl. The Kier molecular flexibility index (Phi) is 9.85. The van der Waals surface area contributed by atoms with E-state index < -0.39 is 11.6 Å². The summed E-state index contributed by atoms with van der Waals surface area (Å²) >= 11 is 16.6. The number of rotatable bonds is 11. The van der Waals surface area contributed by atoms with E-state index in [0.29, 0.717) is 52.4 Å². The number of benzene rings is 4. The number of halogens is 3. The van der Waals surface area contributed by atoms with Gasteiger partial charge in [-0.3, -0.25) is 4.79 Å². The van der Waals surface area contributed by atoms with Gasteiger partial charge in [0, 0.05) is 51.6 Å². The minimum absolute atomic E-state index is 0.0589. The first kappa shape index (κ1) is 30.1. The van der Waals surface area contributed by atoms with E-state index in [9.17, 15) is 4.79 Å². The highest BCUT2D eigenvalue weighted by Gasteiger charge is 2.54. The quantitative estimate of drug-likeness (QED) is 0.164. The van der Waals surface area contributed by atoms with Crippen molar-refractivity contribution in [2.45, 2.75) is 31.0 Å². The molecule has 0 spiro atoms. The van der Waals surface area contributed by atoms with Crippen LogP contribution in [-0.2, 0) is 22.5 Å². The molecule has 0 aromatic heterocycles. The summed E-state index contributed by atoms with van der Waals surface area (Å²) in [5.74, 6) is 0.676.